The summed E-state index contributed by atoms with van der Waals surface area (Å²) in [4.78, 5) is 0. The van der Waals surface area contributed by atoms with Crippen LogP contribution in [-0.4, -0.2) is 11.1 Å². The molecule has 17 heavy (non-hydrogen) atoms. The van der Waals surface area contributed by atoms with Crippen LogP contribution >= 0.6 is 12.4 Å². The third-order valence-corrected chi connectivity index (χ3v) is 3.35. The highest BCUT2D eigenvalue weighted by atomic mass is 35.5. The minimum Gasteiger partial charge on any atom is -0.339 e. The SMILES string of the molecule is Cc1cc(F)cc2cc3n(c12)C(C)CNC3.Cl. The molecule has 92 valence electrons. The summed E-state index contributed by atoms with van der Waals surface area (Å²) in [6.45, 7) is 6.03. The molecule has 1 aliphatic rings. The minimum atomic E-state index is -0.145. The molecule has 0 saturated carbocycles. The number of hydrogen-bond donors (Lipinski definition) is 1. The molecule has 1 atom stereocenters. The fraction of sp³-hybridized carbons (Fsp3) is 0.385. The number of fused-ring (bicyclic) bond motifs is 3. The Balaban J connectivity index is 0.00000108. The van der Waals surface area contributed by atoms with E-state index < -0.39 is 0 Å². The lowest BCUT2D eigenvalue weighted by Crippen LogP contribution is -2.31. The highest BCUT2D eigenvalue weighted by Gasteiger charge is 2.19. The van der Waals surface area contributed by atoms with Crippen molar-refractivity contribution in [3.63, 3.8) is 0 Å². The molecule has 1 aromatic carbocycles. The zero-order valence-electron chi connectivity index (χ0n) is 9.96. The quantitative estimate of drug-likeness (QED) is 0.764. The van der Waals surface area contributed by atoms with E-state index in [4.69, 9.17) is 0 Å². The maximum Gasteiger partial charge on any atom is 0.124 e. The third-order valence-electron chi connectivity index (χ3n) is 3.35. The lowest BCUT2D eigenvalue weighted by molar-refractivity contribution is 0.439. The molecule has 3 rings (SSSR count). The van der Waals surface area contributed by atoms with Crippen LogP contribution in [0.1, 0.15) is 24.2 Å². The monoisotopic (exact) mass is 254 g/mol. The molecule has 0 aliphatic carbocycles. The van der Waals surface area contributed by atoms with Gasteiger partial charge >= 0.3 is 0 Å². The summed E-state index contributed by atoms with van der Waals surface area (Å²) in [5, 5.41) is 4.39. The molecule has 1 aliphatic heterocycles. The molecule has 2 aromatic rings. The van der Waals surface area contributed by atoms with Crippen molar-refractivity contribution in [1.82, 2.24) is 9.88 Å². The molecule has 4 heteroatoms. The Kier molecular flexibility index (Phi) is 3.15. The summed E-state index contributed by atoms with van der Waals surface area (Å²) in [5.41, 5.74) is 3.46. The Hall–Kier alpha value is -1.06. The fourth-order valence-electron chi connectivity index (χ4n) is 2.73. The highest BCUT2D eigenvalue weighted by molar-refractivity contribution is 5.85. The van der Waals surface area contributed by atoms with Gasteiger partial charge in [0.25, 0.3) is 0 Å². The van der Waals surface area contributed by atoms with E-state index in [9.17, 15) is 4.39 Å². The van der Waals surface area contributed by atoms with E-state index >= 15 is 0 Å². The minimum absolute atomic E-state index is 0. The van der Waals surface area contributed by atoms with Gasteiger partial charge in [-0.2, -0.15) is 0 Å². The third kappa shape index (κ3) is 1.83. The van der Waals surface area contributed by atoms with Crippen LogP contribution in [0.5, 0.6) is 0 Å². The van der Waals surface area contributed by atoms with E-state index in [-0.39, 0.29) is 18.2 Å². The van der Waals surface area contributed by atoms with Crippen molar-refractivity contribution in [2.45, 2.75) is 26.4 Å². The number of hydrogen-bond acceptors (Lipinski definition) is 1. The van der Waals surface area contributed by atoms with Crippen LogP contribution in [0.4, 0.5) is 4.39 Å². The van der Waals surface area contributed by atoms with Crippen LogP contribution in [0.15, 0.2) is 18.2 Å². The van der Waals surface area contributed by atoms with Gasteiger partial charge in [-0.25, -0.2) is 4.39 Å². The van der Waals surface area contributed by atoms with E-state index in [0.717, 1.165) is 24.0 Å². The van der Waals surface area contributed by atoms with Crippen LogP contribution in [-0.2, 0) is 6.54 Å². The molecule has 1 unspecified atom stereocenters. The van der Waals surface area contributed by atoms with Crippen molar-refractivity contribution in [3.8, 4) is 0 Å². The van der Waals surface area contributed by atoms with Crippen molar-refractivity contribution < 1.29 is 4.39 Å². The zero-order valence-corrected chi connectivity index (χ0v) is 10.8. The van der Waals surface area contributed by atoms with Crippen LogP contribution < -0.4 is 5.32 Å². The Bertz CT molecular complexity index is 562. The van der Waals surface area contributed by atoms with Gasteiger partial charge in [-0.1, -0.05) is 0 Å². The van der Waals surface area contributed by atoms with Crippen LogP contribution in [0.2, 0.25) is 0 Å². The molecule has 2 nitrogen and oxygen atoms in total. The summed E-state index contributed by atoms with van der Waals surface area (Å²) >= 11 is 0. The molecule has 0 amide bonds. The smallest absolute Gasteiger partial charge is 0.124 e. The second-order valence-corrected chi connectivity index (χ2v) is 4.65. The molecule has 0 spiro atoms. The van der Waals surface area contributed by atoms with Crippen molar-refractivity contribution in [2.75, 3.05) is 6.54 Å². The van der Waals surface area contributed by atoms with E-state index in [2.05, 4.69) is 22.9 Å². The normalized spacial score (nSPS) is 18.9. The first kappa shape index (κ1) is 12.4. The van der Waals surface area contributed by atoms with Crippen LogP contribution in [0.25, 0.3) is 10.9 Å². The maximum atomic E-state index is 13.3. The number of aromatic nitrogens is 1. The molecule has 0 saturated heterocycles. The second kappa shape index (κ2) is 4.31. The number of rotatable bonds is 0. The largest absolute Gasteiger partial charge is 0.339 e. The van der Waals surface area contributed by atoms with E-state index in [0.29, 0.717) is 6.04 Å². The number of halogens is 2. The summed E-state index contributed by atoms with van der Waals surface area (Å²) in [6, 6.07) is 5.77. The Morgan fingerprint density at radius 1 is 1.35 bits per heavy atom. The average Bonchev–Trinajstić information content (AvgIpc) is 2.56. The van der Waals surface area contributed by atoms with Gasteiger partial charge in [-0.15, -0.1) is 12.4 Å². The number of aryl methyl sites for hydroxylation is 1. The number of nitrogens with one attached hydrogen (secondary N) is 1. The molecule has 1 N–H and O–H groups in total. The average molecular weight is 255 g/mol. The van der Waals surface area contributed by atoms with E-state index in [1.807, 2.05) is 6.92 Å². The number of nitrogens with zero attached hydrogens (tertiary/aromatic N) is 1. The number of benzene rings is 1. The Morgan fingerprint density at radius 3 is 2.88 bits per heavy atom. The lowest BCUT2D eigenvalue weighted by atomic mass is 10.1. The Morgan fingerprint density at radius 2 is 2.12 bits per heavy atom. The topological polar surface area (TPSA) is 17.0 Å². The fourth-order valence-corrected chi connectivity index (χ4v) is 2.73. The summed E-state index contributed by atoms with van der Waals surface area (Å²) in [5.74, 6) is -0.145. The van der Waals surface area contributed by atoms with Crippen LogP contribution in [0, 0.1) is 12.7 Å². The first-order valence-corrected chi connectivity index (χ1v) is 5.67. The van der Waals surface area contributed by atoms with E-state index in [1.165, 1.54) is 11.2 Å². The predicted octanol–water partition coefficient (Wildman–Crippen LogP) is 3.17. The van der Waals surface area contributed by atoms with Crippen molar-refractivity contribution in [1.29, 1.82) is 0 Å². The molecule has 0 bridgehead atoms. The van der Waals surface area contributed by atoms with Crippen molar-refractivity contribution in [3.05, 3.63) is 35.3 Å². The molecule has 2 heterocycles. The highest BCUT2D eigenvalue weighted by Crippen LogP contribution is 2.29. The van der Waals surface area contributed by atoms with Gasteiger partial charge in [-0.05, 0) is 37.6 Å². The van der Waals surface area contributed by atoms with Gasteiger partial charge in [0.2, 0.25) is 0 Å². The summed E-state index contributed by atoms with van der Waals surface area (Å²) < 4.78 is 15.7. The molecule has 0 fully saturated rings. The summed E-state index contributed by atoms with van der Waals surface area (Å²) in [6.07, 6.45) is 0. The standard InChI is InChI=1S/C13H15FN2.ClH/c1-8-3-11(14)4-10-5-12-7-15-6-9(2)16(12)13(8)10;/h3-5,9,15H,6-7H2,1-2H3;1H. The van der Waals surface area contributed by atoms with Crippen LogP contribution in [0.3, 0.4) is 0 Å². The Labute approximate surface area is 106 Å². The van der Waals surface area contributed by atoms with Gasteiger partial charge < -0.3 is 9.88 Å². The second-order valence-electron chi connectivity index (χ2n) is 4.65. The summed E-state index contributed by atoms with van der Waals surface area (Å²) in [7, 11) is 0. The zero-order chi connectivity index (χ0) is 11.3. The first-order valence-electron chi connectivity index (χ1n) is 5.67. The van der Waals surface area contributed by atoms with Gasteiger partial charge in [-0.3, -0.25) is 0 Å². The molecule has 0 radical (unpaired) electrons. The lowest BCUT2D eigenvalue weighted by Gasteiger charge is -2.25. The van der Waals surface area contributed by atoms with Crippen molar-refractivity contribution in [2.24, 2.45) is 0 Å². The van der Waals surface area contributed by atoms with Gasteiger partial charge in [0, 0.05) is 30.2 Å². The molecular formula is C13H16ClFN2. The maximum absolute atomic E-state index is 13.3. The van der Waals surface area contributed by atoms with Gasteiger partial charge in [0.05, 0.1) is 5.52 Å². The first-order chi connectivity index (χ1) is 7.66. The van der Waals surface area contributed by atoms with E-state index in [1.54, 1.807) is 12.1 Å². The van der Waals surface area contributed by atoms with Gasteiger partial charge in [0.1, 0.15) is 5.82 Å². The molecule has 1 aromatic heterocycles. The van der Waals surface area contributed by atoms with Crippen molar-refractivity contribution >= 4 is 23.3 Å². The molecular weight excluding hydrogens is 239 g/mol. The predicted molar refractivity (Wildman–Crippen MR) is 70.3 cm³/mol. The van der Waals surface area contributed by atoms with Gasteiger partial charge in [0.15, 0.2) is 0 Å².